The van der Waals surface area contributed by atoms with E-state index in [0.717, 1.165) is 5.56 Å². The number of nitrogens with zero attached hydrogens (tertiary/aromatic N) is 4. The fourth-order valence-corrected chi connectivity index (χ4v) is 3.08. The lowest BCUT2D eigenvalue weighted by atomic mass is 10.1. The van der Waals surface area contributed by atoms with E-state index in [-0.39, 0.29) is 5.91 Å². The molecule has 33 heavy (non-hydrogen) atoms. The quantitative estimate of drug-likeness (QED) is 0.419. The van der Waals surface area contributed by atoms with Crippen LogP contribution >= 0.6 is 0 Å². The zero-order valence-corrected chi connectivity index (χ0v) is 17.4. The molecule has 3 N–H and O–H groups in total. The van der Waals surface area contributed by atoms with E-state index in [9.17, 15) is 9.59 Å². The highest BCUT2D eigenvalue weighted by molar-refractivity contribution is 6.06. The van der Waals surface area contributed by atoms with Gasteiger partial charge in [-0.15, -0.1) is 0 Å². The molecule has 2 heterocycles. The molecule has 0 fully saturated rings. The first kappa shape index (κ1) is 21.3. The lowest BCUT2D eigenvalue weighted by molar-refractivity contribution is 0.102. The number of anilines is 3. The summed E-state index contributed by atoms with van der Waals surface area (Å²) in [4.78, 5) is 28.9. The van der Waals surface area contributed by atoms with E-state index in [1.807, 2.05) is 18.2 Å². The Kier molecular flexibility index (Phi) is 6.38. The second-order valence-electron chi connectivity index (χ2n) is 7.06. The Hall–Kier alpha value is -4.97. The summed E-state index contributed by atoms with van der Waals surface area (Å²) in [5, 5.41) is 21.4. The lowest BCUT2D eigenvalue weighted by Gasteiger charge is -2.09. The van der Waals surface area contributed by atoms with Gasteiger partial charge in [0.15, 0.2) is 5.82 Å². The number of hydrogen-bond donors (Lipinski definition) is 3. The van der Waals surface area contributed by atoms with Crippen LogP contribution in [0.15, 0.2) is 85.3 Å². The number of carbonyl (C=O) groups excluding carboxylic acids is 2. The molecule has 2 aromatic heterocycles. The minimum Gasteiger partial charge on any atom is -0.322 e. The third-order valence-corrected chi connectivity index (χ3v) is 4.61. The minimum atomic E-state index is -0.483. The van der Waals surface area contributed by atoms with Crippen molar-refractivity contribution in [3.63, 3.8) is 0 Å². The van der Waals surface area contributed by atoms with Gasteiger partial charge in [-0.2, -0.15) is 10.4 Å². The van der Waals surface area contributed by atoms with Crippen LogP contribution in [0.1, 0.15) is 21.5 Å². The first-order valence-electron chi connectivity index (χ1n) is 10.0. The topological polar surface area (TPSA) is 125 Å². The van der Waals surface area contributed by atoms with Crippen LogP contribution in [-0.2, 0) is 6.54 Å². The smallest absolute Gasteiger partial charge is 0.322 e. The number of aromatic nitrogens is 3. The number of carbonyl (C=O) groups is 2. The number of amides is 3. The largest absolute Gasteiger partial charge is 0.324 e. The lowest BCUT2D eigenvalue weighted by Crippen LogP contribution is -2.20. The Labute approximate surface area is 189 Å². The summed E-state index contributed by atoms with van der Waals surface area (Å²) in [6.07, 6.45) is 5.19. The predicted octanol–water partition coefficient (Wildman–Crippen LogP) is 4.09. The van der Waals surface area contributed by atoms with Gasteiger partial charge in [-0.05, 0) is 54.1 Å². The summed E-state index contributed by atoms with van der Waals surface area (Å²) in [7, 11) is 0. The molecule has 162 valence electrons. The van der Waals surface area contributed by atoms with Crippen molar-refractivity contribution in [1.82, 2.24) is 14.8 Å². The van der Waals surface area contributed by atoms with Crippen LogP contribution in [0.4, 0.5) is 22.0 Å². The van der Waals surface area contributed by atoms with E-state index in [0.29, 0.717) is 34.9 Å². The normalized spacial score (nSPS) is 10.2. The molecule has 3 amide bonds. The minimum absolute atomic E-state index is 0.357. The van der Waals surface area contributed by atoms with E-state index in [1.165, 1.54) is 0 Å². The molecule has 0 spiro atoms. The second-order valence-corrected chi connectivity index (χ2v) is 7.06. The first-order valence-corrected chi connectivity index (χ1v) is 10.0. The molecule has 0 unspecified atom stereocenters. The van der Waals surface area contributed by atoms with Gasteiger partial charge in [0, 0.05) is 41.6 Å². The van der Waals surface area contributed by atoms with Gasteiger partial charge in [0.05, 0.1) is 18.2 Å². The van der Waals surface area contributed by atoms with Crippen molar-refractivity contribution >= 4 is 29.1 Å². The van der Waals surface area contributed by atoms with Gasteiger partial charge in [0.2, 0.25) is 0 Å². The van der Waals surface area contributed by atoms with Crippen molar-refractivity contribution in [2.24, 2.45) is 0 Å². The highest BCUT2D eigenvalue weighted by Gasteiger charge is 2.10. The molecule has 0 aliphatic carbocycles. The Morgan fingerprint density at radius 1 is 0.909 bits per heavy atom. The van der Waals surface area contributed by atoms with Crippen LogP contribution in [0.3, 0.4) is 0 Å². The Morgan fingerprint density at radius 2 is 1.67 bits per heavy atom. The first-order chi connectivity index (χ1) is 16.1. The van der Waals surface area contributed by atoms with Gasteiger partial charge in [0.1, 0.15) is 0 Å². The van der Waals surface area contributed by atoms with Gasteiger partial charge < -0.3 is 10.6 Å². The summed E-state index contributed by atoms with van der Waals surface area (Å²) >= 11 is 0. The molecule has 0 saturated heterocycles. The van der Waals surface area contributed by atoms with Crippen molar-refractivity contribution in [1.29, 1.82) is 5.26 Å². The highest BCUT2D eigenvalue weighted by Crippen LogP contribution is 2.15. The van der Waals surface area contributed by atoms with E-state index in [2.05, 4.69) is 26.0 Å². The number of benzene rings is 2. The van der Waals surface area contributed by atoms with Crippen LogP contribution in [0.5, 0.6) is 0 Å². The molecule has 4 rings (SSSR count). The second kappa shape index (κ2) is 9.89. The standard InChI is InChI=1S/C24H19N7O2/c25-15-18-3-1-5-20(13-18)27-23(32)19-4-2-6-21(14-19)28-24(33)29-22-9-12-31(30-22)16-17-7-10-26-11-8-17/h1-14H,16H2,(H,27,32)(H2,28,29,30,33). The average molecular weight is 437 g/mol. The van der Waals surface area contributed by atoms with Crippen LogP contribution < -0.4 is 16.0 Å². The van der Waals surface area contributed by atoms with Crippen molar-refractivity contribution in [2.75, 3.05) is 16.0 Å². The van der Waals surface area contributed by atoms with E-state index in [1.54, 1.807) is 77.9 Å². The molecule has 0 atom stereocenters. The van der Waals surface area contributed by atoms with Gasteiger partial charge in [-0.3, -0.25) is 19.8 Å². The van der Waals surface area contributed by atoms with Gasteiger partial charge in [0.25, 0.3) is 5.91 Å². The fourth-order valence-electron chi connectivity index (χ4n) is 3.08. The van der Waals surface area contributed by atoms with Gasteiger partial charge >= 0.3 is 6.03 Å². The molecule has 9 heteroatoms. The molecule has 0 bridgehead atoms. The van der Waals surface area contributed by atoms with Crippen LogP contribution in [0.2, 0.25) is 0 Å². The van der Waals surface area contributed by atoms with Gasteiger partial charge in [-0.1, -0.05) is 12.1 Å². The third kappa shape index (κ3) is 5.80. The molecular formula is C24H19N7O2. The summed E-state index contributed by atoms with van der Waals surface area (Å²) in [6.45, 7) is 0.556. The zero-order valence-electron chi connectivity index (χ0n) is 17.4. The molecular weight excluding hydrogens is 418 g/mol. The summed E-state index contributed by atoms with van der Waals surface area (Å²) in [5.41, 5.74) is 2.80. The maximum Gasteiger partial charge on any atom is 0.324 e. The van der Waals surface area contributed by atoms with Crippen LogP contribution in [0.25, 0.3) is 0 Å². The number of rotatable bonds is 6. The van der Waals surface area contributed by atoms with Crippen molar-refractivity contribution in [3.05, 3.63) is 102 Å². The molecule has 9 nitrogen and oxygen atoms in total. The van der Waals surface area contributed by atoms with Crippen LogP contribution in [-0.4, -0.2) is 26.7 Å². The number of nitriles is 1. The predicted molar refractivity (Wildman–Crippen MR) is 124 cm³/mol. The molecule has 0 aliphatic rings. The molecule has 0 aliphatic heterocycles. The molecule has 0 radical (unpaired) electrons. The van der Waals surface area contributed by atoms with Crippen molar-refractivity contribution in [2.45, 2.75) is 6.54 Å². The monoisotopic (exact) mass is 437 g/mol. The fraction of sp³-hybridized carbons (Fsp3) is 0.0417. The van der Waals surface area contributed by atoms with Crippen LogP contribution in [0, 0.1) is 11.3 Å². The molecule has 0 saturated carbocycles. The molecule has 4 aromatic rings. The maximum atomic E-state index is 12.6. The van der Waals surface area contributed by atoms with E-state index >= 15 is 0 Å². The Morgan fingerprint density at radius 3 is 2.45 bits per heavy atom. The Balaban J connectivity index is 1.35. The summed E-state index contributed by atoms with van der Waals surface area (Å²) < 4.78 is 1.71. The highest BCUT2D eigenvalue weighted by atomic mass is 16.2. The summed E-state index contributed by atoms with van der Waals surface area (Å²) in [6, 6.07) is 20.2. The van der Waals surface area contributed by atoms with Crippen molar-refractivity contribution in [3.8, 4) is 6.07 Å². The Bertz CT molecular complexity index is 1330. The van der Waals surface area contributed by atoms with Gasteiger partial charge in [-0.25, -0.2) is 4.79 Å². The van der Waals surface area contributed by atoms with E-state index < -0.39 is 6.03 Å². The zero-order chi connectivity index (χ0) is 23.0. The number of nitrogens with one attached hydrogen (secondary N) is 3. The third-order valence-electron chi connectivity index (χ3n) is 4.61. The molecule has 2 aromatic carbocycles. The number of pyridine rings is 1. The average Bonchev–Trinajstić information content (AvgIpc) is 3.26. The maximum absolute atomic E-state index is 12.6. The number of hydrogen-bond acceptors (Lipinski definition) is 5. The van der Waals surface area contributed by atoms with Crippen molar-refractivity contribution < 1.29 is 9.59 Å². The van der Waals surface area contributed by atoms with E-state index in [4.69, 9.17) is 5.26 Å². The SMILES string of the molecule is N#Cc1cccc(NC(=O)c2cccc(NC(=O)Nc3ccn(Cc4ccncc4)n3)c2)c1. The summed E-state index contributed by atoms with van der Waals surface area (Å²) in [5.74, 6) is 0.0387. The number of urea groups is 1.